The number of para-hydroxylation sites is 2. The van der Waals surface area contributed by atoms with E-state index in [9.17, 15) is 0 Å². The minimum atomic E-state index is 0.423. The molecule has 1 aliphatic rings. The fourth-order valence-electron chi connectivity index (χ4n) is 8.90. The zero-order chi connectivity index (χ0) is 37.0. The van der Waals surface area contributed by atoms with Gasteiger partial charge in [-0.2, -0.15) is 0 Å². The van der Waals surface area contributed by atoms with Gasteiger partial charge in [-0.25, -0.2) is 0 Å². The number of hydrogen-bond donors (Lipinski definition) is 0. The molecule has 264 valence electrons. The van der Waals surface area contributed by atoms with Gasteiger partial charge >= 0.3 is 0 Å². The number of fused-ring (bicyclic) bond motifs is 6. The number of rotatable bonds is 6. The van der Waals surface area contributed by atoms with Crippen LogP contribution in [0, 0.1) is 0 Å². The quantitative estimate of drug-likeness (QED) is 0.162. The Morgan fingerprint density at radius 3 is 1.52 bits per heavy atom. The van der Waals surface area contributed by atoms with Crippen molar-refractivity contribution in [1.82, 2.24) is 9.13 Å². The molecule has 0 saturated heterocycles. The van der Waals surface area contributed by atoms with E-state index >= 15 is 0 Å². The van der Waals surface area contributed by atoms with Crippen molar-refractivity contribution >= 4 is 43.6 Å². The van der Waals surface area contributed by atoms with Crippen molar-refractivity contribution in [3.05, 3.63) is 218 Å². The van der Waals surface area contributed by atoms with Gasteiger partial charge in [-0.05, 0) is 106 Å². The lowest BCUT2D eigenvalue weighted by Gasteiger charge is -2.15. The maximum atomic E-state index is 2.43. The van der Waals surface area contributed by atoms with Gasteiger partial charge in [0, 0.05) is 38.8 Å². The van der Waals surface area contributed by atoms with Crippen LogP contribution in [0.1, 0.15) is 17.9 Å². The third kappa shape index (κ3) is 5.41. The molecule has 1 atom stereocenters. The second-order valence-corrected chi connectivity index (χ2v) is 14.9. The van der Waals surface area contributed by atoms with E-state index in [2.05, 4.69) is 221 Å². The van der Waals surface area contributed by atoms with Gasteiger partial charge in [-0.1, -0.05) is 152 Å². The highest BCUT2D eigenvalue weighted by Crippen LogP contribution is 2.39. The molecule has 0 fully saturated rings. The normalized spacial score (nSPS) is 14.0. The Morgan fingerprint density at radius 2 is 0.857 bits per heavy atom. The van der Waals surface area contributed by atoms with Gasteiger partial charge in [0.1, 0.15) is 0 Å². The molecule has 0 saturated carbocycles. The molecule has 0 radical (unpaired) electrons. The van der Waals surface area contributed by atoms with E-state index in [1.165, 1.54) is 88.2 Å². The zero-order valence-electron chi connectivity index (χ0n) is 30.9. The molecule has 10 aromatic rings. The molecule has 0 amide bonds. The highest BCUT2D eigenvalue weighted by Gasteiger charge is 2.17. The molecule has 0 bridgehead atoms. The van der Waals surface area contributed by atoms with Crippen LogP contribution in [0.3, 0.4) is 0 Å². The summed E-state index contributed by atoms with van der Waals surface area (Å²) in [5.41, 5.74) is 15.9. The number of allylic oxidation sites excluding steroid dienone is 4. The highest BCUT2D eigenvalue weighted by molar-refractivity contribution is 6.12. The predicted octanol–water partition coefficient (Wildman–Crippen LogP) is 14.5. The lowest BCUT2D eigenvalue weighted by atomic mass is 9.90. The fraction of sp³-hybridized carbons (Fsp3) is 0.0370. The van der Waals surface area contributed by atoms with Crippen molar-refractivity contribution in [3.8, 4) is 44.8 Å². The van der Waals surface area contributed by atoms with Crippen LogP contribution in [-0.4, -0.2) is 9.13 Å². The van der Waals surface area contributed by atoms with Crippen molar-refractivity contribution in [2.45, 2.75) is 12.3 Å². The SMILES string of the molecule is C1=CCC(c2cccc(-c3cccc(-n4c5ccccc5c5cc(-c6ccc7c(c6)c6ccccc6n7-c6ccc(-c7ccccc7)cc6)ccc54)c3)c2)C=C1. The molecule has 0 N–H and O–H groups in total. The van der Waals surface area contributed by atoms with Crippen LogP contribution in [0.4, 0.5) is 0 Å². The first-order valence-corrected chi connectivity index (χ1v) is 19.5. The minimum Gasteiger partial charge on any atom is -0.309 e. The molecule has 2 heterocycles. The summed E-state index contributed by atoms with van der Waals surface area (Å²) in [6.45, 7) is 0. The Kier molecular flexibility index (Phi) is 7.67. The average Bonchev–Trinajstić information content (AvgIpc) is 3.79. The largest absolute Gasteiger partial charge is 0.309 e. The molecule has 0 spiro atoms. The number of aromatic nitrogens is 2. The molecule has 56 heavy (non-hydrogen) atoms. The van der Waals surface area contributed by atoms with E-state index in [0.717, 1.165) is 12.1 Å². The maximum Gasteiger partial charge on any atom is 0.0541 e. The second-order valence-electron chi connectivity index (χ2n) is 14.9. The number of hydrogen-bond acceptors (Lipinski definition) is 0. The first-order chi connectivity index (χ1) is 27.8. The van der Waals surface area contributed by atoms with Crippen molar-refractivity contribution in [1.29, 1.82) is 0 Å². The summed E-state index contributed by atoms with van der Waals surface area (Å²) in [5, 5.41) is 5.02. The third-order valence-corrected chi connectivity index (χ3v) is 11.6. The van der Waals surface area contributed by atoms with Crippen molar-refractivity contribution in [2.75, 3.05) is 0 Å². The summed E-state index contributed by atoms with van der Waals surface area (Å²) in [6, 6.07) is 69.1. The van der Waals surface area contributed by atoms with Gasteiger partial charge < -0.3 is 9.13 Å². The van der Waals surface area contributed by atoms with Gasteiger partial charge in [0.05, 0.1) is 22.1 Å². The molecule has 11 rings (SSSR count). The lowest BCUT2D eigenvalue weighted by Crippen LogP contribution is -1.97. The predicted molar refractivity (Wildman–Crippen MR) is 237 cm³/mol. The summed E-state index contributed by atoms with van der Waals surface area (Å²) in [7, 11) is 0. The van der Waals surface area contributed by atoms with Crippen molar-refractivity contribution in [3.63, 3.8) is 0 Å². The standard InChI is InChI=1S/C54H38N2/c1-3-13-37(14-4-1)39-25-29-45(30-26-39)55-51-23-9-7-21-47(51)49-35-43(27-31-53(49)55)44-28-32-54-50(36-44)48-22-8-10-24-52(48)56(54)46-20-12-19-42(34-46)41-18-11-17-40(33-41)38-15-5-2-6-16-38/h1-15,17-36,38H,16H2. The smallest absolute Gasteiger partial charge is 0.0541 e. The van der Waals surface area contributed by atoms with Gasteiger partial charge in [-0.15, -0.1) is 0 Å². The summed E-state index contributed by atoms with van der Waals surface area (Å²) in [4.78, 5) is 0. The van der Waals surface area contributed by atoms with Crippen molar-refractivity contribution < 1.29 is 0 Å². The lowest BCUT2D eigenvalue weighted by molar-refractivity contribution is 0.854. The van der Waals surface area contributed by atoms with E-state index in [-0.39, 0.29) is 0 Å². The fourth-order valence-corrected chi connectivity index (χ4v) is 8.90. The van der Waals surface area contributed by atoms with Gasteiger partial charge in [0.15, 0.2) is 0 Å². The van der Waals surface area contributed by atoms with Gasteiger partial charge in [0.2, 0.25) is 0 Å². The Balaban J connectivity index is 0.998. The van der Waals surface area contributed by atoms with Crippen LogP contribution in [0.25, 0.3) is 88.4 Å². The zero-order valence-corrected chi connectivity index (χ0v) is 30.9. The van der Waals surface area contributed by atoms with Crippen LogP contribution < -0.4 is 0 Å². The molecule has 1 unspecified atom stereocenters. The van der Waals surface area contributed by atoms with E-state index in [4.69, 9.17) is 0 Å². The van der Waals surface area contributed by atoms with Crippen molar-refractivity contribution in [2.24, 2.45) is 0 Å². The van der Waals surface area contributed by atoms with E-state index in [1.807, 2.05) is 0 Å². The molecular formula is C54H38N2. The van der Waals surface area contributed by atoms with E-state index in [0.29, 0.717) is 5.92 Å². The number of nitrogens with zero attached hydrogens (tertiary/aromatic N) is 2. The Labute approximate surface area is 326 Å². The Morgan fingerprint density at radius 1 is 0.339 bits per heavy atom. The molecule has 0 aliphatic heterocycles. The molecule has 1 aliphatic carbocycles. The van der Waals surface area contributed by atoms with E-state index in [1.54, 1.807) is 0 Å². The second kappa shape index (κ2) is 13.3. The molecule has 2 heteroatoms. The van der Waals surface area contributed by atoms with Crippen LogP contribution in [0.2, 0.25) is 0 Å². The summed E-state index contributed by atoms with van der Waals surface area (Å²) >= 11 is 0. The first kappa shape index (κ1) is 32.3. The summed E-state index contributed by atoms with van der Waals surface area (Å²) in [6.07, 6.45) is 9.92. The number of benzene rings is 8. The molecule has 8 aromatic carbocycles. The Bertz CT molecular complexity index is 3150. The third-order valence-electron chi connectivity index (χ3n) is 11.6. The minimum absolute atomic E-state index is 0.423. The van der Waals surface area contributed by atoms with Gasteiger partial charge in [0.25, 0.3) is 0 Å². The van der Waals surface area contributed by atoms with Crippen LogP contribution in [0.15, 0.2) is 212 Å². The van der Waals surface area contributed by atoms with Crippen LogP contribution in [0.5, 0.6) is 0 Å². The molecular weight excluding hydrogens is 677 g/mol. The van der Waals surface area contributed by atoms with Gasteiger partial charge in [-0.3, -0.25) is 0 Å². The monoisotopic (exact) mass is 714 g/mol. The maximum absolute atomic E-state index is 2.43. The van der Waals surface area contributed by atoms with E-state index < -0.39 is 0 Å². The highest BCUT2D eigenvalue weighted by atomic mass is 15.0. The molecule has 2 nitrogen and oxygen atoms in total. The molecule has 2 aromatic heterocycles. The average molecular weight is 715 g/mol. The summed E-state index contributed by atoms with van der Waals surface area (Å²) in [5.74, 6) is 0.423. The first-order valence-electron chi connectivity index (χ1n) is 19.5. The summed E-state index contributed by atoms with van der Waals surface area (Å²) < 4.78 is 4.82. The van der Waals surface area contributed by atoms with Crippen LogP contribution >= 0.6 is 0 Å². The Hall–Kier alpha value is -7.16. The van der Waals surface area contributed by atoms with Crippen LogP contribution in [-0.2, 0) is 0 Å². The topological polar surface area (TPSA) is 9.86 Å².